The minimum Gasteiger partial charge on any atom is -0.135 e. The van der Waals surface area contributed by atoms with Gasteiger partial charge < -0.3 is 0 Å². The molecule has 0 fully saturated rings. The minimum absolute atomic E-state index is 1.10. The summed E-state index contributed by atoms with van der Waals surface area (Å²) >= 11 is 3.82. The topological polar surface area (TPSA) is 0 Å². The molecule has 2 aromatic heterocycles. The number of benzene rings is 9. The van der Waals surface area contributed by atoms with Crippen LogP contribution in [-0.2, 0) is 0 Å². The van der Waals surface area contributed by atoms with E-state index in [1.807, 2.05) is 34.8 Å². The van der Waals surface area contributed by atoms with Crippen molar-refractivity contribution in [3.63, 3.8) is 0 Å². The van der Waals surface area contributed by atoms with Crippen molar-refractivity contribution in [3.8, 4) is 33.4 Å². The maximum atomic E-state index is 4.37. The molecule has 0 aliphatic rings. The van der Waals surface area contributed by atoms with Crippen molar-refractivity contribution in [3.05, 3.63) is 180 Å². The van der Waals surface area contributed by atoms with E-state index >= 15 is 0 Å². The van der Waals surface area contributed by atoms with Crippen LogP contribution in [0.25, 0.3) is 130 Å². The maximum absolute atomic E-state index is 4.37. The average Bonchev–Trinajstić information content (AvgIpc) is 3.86. The highest BCUT2D eigenvalue weighted by Crippen LogP contribution is 2.48. The van der Waals surface area contributed by atoms with Crippen LogP contribution in [0.4, 0.5) is 0 Å². The Labute approximate surface area is 345 Å². The highest BCUT2D eigenvalue weighted by Gasteiger charge is 2.20. The molecule has 9 aromatic carbocycles. The Morgan fingerprint density at radius 2 is 0.914 bits per heavy atom. The first-order valence-corrected chi connectivity index (χ1v) is 21.5. The second-order valence-corrected chi connectivity index (χ2v) is 17.2. The zero-order chi connectivity index (χ0) is 39.1. The molecule has 11 aromatic rings. The highest BCUT2D eigenvalue weighted by molar-refractivity contribution is 7.27. The van der Waals surface area contributed by atoms with Gasteiger partial charge in [-0.3, -0.25) is 0 Å². The van der Waals surface area contributed by atoms with Gasteiger partial charge in [-0.15, -0.1) is 22.7 Å². The molecule has 0 unspecified atom stereocenters. The largest absolute Gasteiger partial charge is 0.135 e. The molecule has 11 rings (SSSR count). The van der Waals surface area contributed by atoms with E-state index in [0.29, 0.717) is 0 Å². The normalized spacial score (nSPS) is 12.7. The van der Waals surface area contributed by atoms with Crippen molar-refractivity contribution < 1.29 is 0 Å². The Kier molecular flexibility index (Phi) is 8.08. The van der Waals surface area contributed by atoms with Crippen LogP contribution in [0.15, 0.2) is 159 Å². The molecule has 0 nitrogen and oxygen atoms in total. The Morgan fingerprint density at radius 3 is 1.57 bits per heavy atom. The molecule has 0 bridgehead atoms. The fourth-order valence-corrected chi connectivity index (χ4v) is 12.0. The Balaban J connectivity index is 1.11. The maximum Gasteiger partial charge on any atom is 0.0440 e. The predicted molar refractivity (Wildman–Crippen MR) is 261 cm³/mol. The molecule has 274 valence electrons. The first-order valence-electron chi connectivity index (χ1n) is 19.9. The molecule has 0 atom stereocenters. The molecule has 0 spiro atoms. The van der Waals surface area contributed by atoms with Crippen molar-refractivity contribution in [2.24, 2.45) is 0 Å². The lowest BCUT2D eigenvalue weighted by Crippen LogP contribution is -2.31. The first-order chi connectivity index (χ1) is 28.6. The smallest absolute Gasteiger partial charge is 0.0440 e. The molecule has 0 radical (unpaired) electrons. The van der Waals surface area contributed by atoms with Crippen LogP contribution >= 0.6 is 22.7 Å². The molecule has 0 saturated carbocycles. The van der Waals surface area contributed by atoms with Gasteiger partial charge in [-0.05, 0) is 127 Å². The summed E-state index contributed by atoms with van der Waals surface area (Å²) in [6, 6.07) is 54.2. The van der Waals surface area contributed by atoms with Crippen molar-refractivity contribution in [1.82, 2.24) is 0 Å². The summed E-state index contributed by atoms with van der Waals surface area (Å²) in [5.74, 6) is 0. The van der Waals surface area contributed by atoms with Crippen LogP contribution < -0.4 is 10.4 Å². The van der Waals surface area contributed by atoms with E-state index in [9.17, 15) is 0 Å². The zero-order valence-corrected chi connectivity index (χ0v) is 34.0. The standard InChI is InChI=1S/C56H38S2/c1-5-40-42(7-3)53(43(8-4)41(6-2)52(40)38-25-21-33-15-9-10-16-34(33)30-38)39-26-23-35-29-37(24-22-36(35)31-39)48-32-49-45(54-47-18-12-14-20-51(47)58-56(48)54)27-28-46-44-17-11-13-19-50(44)57-55(46)49/h5-32H,1,3H2,2,4H3/b41-6+,43-8+. The molecular weight excluding hydrogens is 737 g/mol. The van der Waals surface area contributed by atoms with Gasteiger partial charge in [-0.25, -0.2) is 0 Å². The van der Waals surface area contributed by atoms with E-state index in [2.05, 4.69) is 185 Å². The second kappa shape index (κ2) is 13.5. The van der Waals surface area contributed by atoms with Gasteiger partial charge in [0.05, 0.1) is 0 Å². The summed E-state index contributed by atoms with van der Waals surface area (Å²) in [6.45, 7) is 13.0. The number of hydrogen-bond acceptors (Lipinski definition) is 2. The molecule has 0 N–H and O–H groups in total. The van der Waals surface area contributed by atoms with E-state index in [-0.39, 0.29) is 0 Å². The summed E-state index contributed by atoms with van der Waals surface area (Å²) < 4.78 is 5.36. The quantitative estimate of drug-likeness (QED) is 0.163. The van der Waals surface area contributed by atoms with Crippen molar-refractivity contribution in [1.29, 1.82) is 0 Å². The lowest BCUT2D eigenvalue weighted by molar-refractivity contribution is 1.44. The van der Waals surface area contributed by atoms with Crippen molar-refractivity contribution in [2.45, 2.75) is 13.8 Å². The van der Waals surface area contributed by atoms with Gasteiger partial charge in [0.25, 0.3) is 0 Å². The number of thiophene rings is 2. The Morgan fingerprint density at radius 1 is 0.414 bits per heavy atom. The van der Waals surface area contributed by atoms with Gasteiger partial charge >= 0.3 is 0 Å². The van der Waals surface area contributed by atoms with Crippen LogP contribution in [-0.4, -0.2) is 0 Å². The predicted octanol–water partition coefficient (Wildman–Crippen LogP) is 15.8. The molecule has 0 amide bonds. The minimum atomic E-state index is 1.10. The monoisotopic (exact) mass is 774 g/mol. The lowest BCUT2D eigenvalue weighted by Gasteiger charge is -2.19. The van der Waals surface area contributed by atoms with Crippen LogP contribution in [0.1, 0.15) is 25.0 Å². The van der Waals surface area contributed by atoms with Crippen LogP contribution in [0.5, 0.6) is 0 Å². The van der Waals surface area contributed by atoms with Gasteiger partial charge in [-0.2, -0.15) is 0 Å². The molecular formula is C56H38S2. The third kappa shape index (κ3) is 5.12. The van der Waals surface area contributed by atoms with E-state index < -0.39 is 0 Å². The summed E-state index contributed by atoms with van der Waals surface area (Å²) in [4.78, 5) is 0. The number of hydrogen-bond donors (Lipinski definition) is 0. The average molecular weight is 775 g/mol. The third-order valence-corrected chi connectivity index (χ3v) is 14.5. The lowest BCUT2D eigenvalue weighted by atomic mass is 9.84. The second-order valence-electron chi connectivity index (χ2n) is 15.1. The van der Waals surface area contributed by atoms with Gasteiger partial charge in [0.2, 0.25) is 0 Å². The van der Waals surface area contributed by atoms with Gasteiger partial charge in [0.15, 0.2) is 0 Å². The fraction of sp³-hybridized carbons (Fsp3) is 0.0357. The molecule has 2 heterocycles. The number of fused-ring (bicyclic) bond motifs is 11. The van der Waals surface area contributed by atoms with Gasteiger partial charge in [0, 0.05) is 51.3 Å². The Bertz CT molecular complexity index is 3680. The molecule has 0 saturated heterocycles. The highest BCUT2D eigenvalue weighted by atomic mass is 32.1. The zero-order valence-electron chi connectivity index (χ0n) is 32.4. The van der Waals surface area contributed by atoms with Crippen molar-refractivity contribution >= 4 is 120 Å². The summed E-state index contributed by atoms with van der Waals surface area (Å²) in [7, 11) is 0. The van der Waals surface area contributed by atoms with Crippen molar-refractivity contribution in [2.75, 3.05) is 0 Å². The van der Waals surface area contributed by atoms with Gasteiger partial charge in [-0.1, -0.05) is 147 Å². The molecule has 58 heavy (non-hydrogen) atoms. The van der Waals surface area contributed by atoms with Crippen LogP contribution in [0, 0.1) is 0 Å². The third-order valence-electron chi connectivity index (χ3n) is 12.1. The van der Waals surface area contributed by atoms with E-state index in [1.165, 1.54) is 116 Å². The van der Waals surface area contributed by atoms with Crippen LogP contribution in [0.3, 0.4) is 0 Å². The first kappa shape index (κ1) is 34.7. The van der Waals surface area contributed by atoms with Gasteiger partial charge in [0.1, 0.15) is 0 Å². The molecule has 0 aliphatic carbocycles. The summed E-state index contributed by atoms with van der Waals surface area (Å²) in [5, 5.41) is 15.3. The summed E-state index contributed by atoms with van der Waals surface area (Å²) in [5.41, 5.74) is 9.46. The SMILES string of the molecule is C=Cc1c(C=C)c(-c2ccc3cc(-c4cc5c(ccc6c7ccccc7sc65)c5c4sc4ccccc45)ccc3c2)c(=C/C)/c(=C\C)c1-c1ccc2ccccc2c1. The van der Waals surface area contributed by atoms with Crippen LogP contribution in [0.2, 0.25) is 0 Å². The van der Waals surface area contributed by atoms with E-state index in [4.69, 9.17) is 0 Å². The fourth-order valence-electron chi connectivity index (χ4n) is 9.49. The molecule has 0 aliphatic heterocycles. The number of rotatable bonds is 5. The van der Waals surface area contributed by atoms with E-state index in [0.717, 1.165) is 11.1 Å². The summed E-state index contributed by atoms with van der Waals surface area (Å²) in [6.07, 6.45) is 8.53. The van der Waals surface area contributed by atoms with E-state index in [1.54, 1.807) is 0 Å². The Hall–Kier alpha value is -6.58. The molecule has 2 heteroatoms.